The van der Waals surface area contributed by atoms with E-state index in [-0.39, 0.29) is 24.3 Å². The maximum absolute atomic E-state index is 12.4. The minimum absolute atomic E-state index is 0.0212. The summed E-state index contributed by atoms with van der Waals surface area (Å²) in [5, 5.41) is 5.57. The molecule has 0 radical (unpaired) electrons. The number of rotatable bonds is 9. The molecule has 0 saturated carbocycles. The van der Waals surface area contributed by atoms with E-state index >= 15 is 0 Å². The number of carbonyl (C=O) groups is 2. The number of methoxy groups -OCH3 is 2. The van der Waals surface area contributed by atoms with Gasteiger partial charge in [-0.1, -0.05) is 60.7 Å². The van der Waals surface area contributed by atoms with E-state index in [2.05, 4.69) is 10.6 Å². The SMILES string of the molecule is COc1ccc(C(=O)NCC(=O)NCC(c2ccccc2)c2ccccc2)cc1OC. The Morgan fingerprint density at radius 2 is 1.35 bits per heavy atom. The van der Waals surface area contributed by atoms with Gasteiger partial charge in [-0.25, -0.2) is 0 Å². The van der Waals surface area contributed by atoms with Crippen molar-refractivity contribution < 1.29 is 19.1 Å². The topological polar surface area (TPSA) is 76.7 Å². The lowest BCUT2D eigenvalue weighted by Gasteiger charge is -2.19. The standard InChI is InChI=1S/C25H26N2O4/c1-30-22-14-13-20(15-23(22)31-2)25(29)27-17-24(28)26-16-21(18-9-5-3-6-10-18)19-11-7-4-8-12-19/h3-15,21H,16-17H2,1-2H3,(H,26,28)(H,27,29). The molecule has 0 aliphatic heterocycles. The first-order chi connectivity index (χ1) is 15.1. The Morgan fingerprint density at radius 3 is 1.90 bits per heavy atom. The molecule has 160 valence electrons. The molecule has 3 rings (SSSR count). The number of hydrogen-bond donors (Lipinski definition) is 2. The predicted molar refractivity (Wildman–Crippen MR) is 120 cm³/mol. The van der Waals surface area contributed by atoms with Gasteiger partial charge in [0.2, 0.25) is 5.91 Å². The Kier molecular flexibility index (Phi) is 7.65. The van der Waals surface area contributed by atoms with Crippen molar-refractivity contribution in [1.29, 1.82) is 0 Å². The first-order valence-corrected chi connectivity index (χ1v) is 9.99. The van der Waals surface area contributed by atoms with Crippen LogP contribution in [0.5, 0.6) is 11.5 Å². The van der Waals surface area contributed by atoms with Crippen molar-refractivity contribution in [2.75, 3.05) is 27.3 Å². The zero-order valence-electron chi connectivity index (χ0n) is 17.6. The summed E-state index contributed by atoms with van der Waals surface area (Å²) in [5.74, 6) is 0.384. The van der Waals surface area contributed by atoms with Gasteiger partial charge >= 0.3 is 0 Å². The number of nitrogens with one attached hydrogen (secondary N) is 2. The fraction of sp³-hybridized carbons (Fsp3) is 0.200. The minimum atomic E-state index is -0.362. The van der Waals surface area contributed by atoms with Gasteiger partial charge in [0.25, 0.3) is 5.91 Å². The lowest BCUT2D eigenvalue weighted by atomic mass is 9.91. The Morgan fingerprint density at radius 1 is 0.774 bits per heavy atom. The van der Waals surface area contributed by atoms with Crippen LogP contribution >= 0.6 is 0 Å². The Bertz CT molecular complexity index is 967. The van der Waals surface area contributed by atoms with E-state index in [1.807, 2.05) is 60.7 Å². The molecule has 0 bridgehead atoms. The molecule has 0 unspecified atom stereocenters. The van der Waals surface area contributed by atoms with Gasteiger partial charge in [-0.15, -0.1) is 0 Å². The van der Waals surface area contributed by atoms with Gasteiger partial charge in [0.15, 0.2) is 11.5 Å². The molecule has 6 nitrogen and oxygen atoms in total. The Labute approximate surface area is 182 Å². The fourth-order valence-corrected chi connectivity index (χ4v) is 3.32. The molecule has 2 N–H and O–H groups in total. The lowest BCUT2D eigenvalue weighted by Crippen LogP contribution is -2.38. The second-order valence-electron chi connectivity index (χ2n) is 6.93. The largest absolute Gasteiger partial charge is 0.493 e. The Balaban J connectivity index is 1.59. The van der Waals surface area contributed by atoms with Crippen molar-refractivity contribution in [2.24, 2.45) is 0 Å². The van der Waals surface area contributed by atoms with Crippen molar-refractivity contribution in [3.05, 3.63) is 95.6 Å². The van der Waals surface area contributed by atoms with Crippen LogP contribution in [0.1, 0.15) is 27.4 Å². The summed E-state index contributed by atoms with van der Waals surface area (Å²) in [5.41, 5.74) is 2.61. The van der Waals surface area contributed by atoms with E-state index in [0.717, 1.165) is 11.1 Å². The molecule has 0 aliphatic rings. The zero-order chi connectivity index (χ0) is 22.1. The second kappa shape index (κ2) is 10.8. The van der Waals surface area contributed by atoms with E-state index in [9.17, 15) is 9.59 Å². The highest BCUT2D eigenvalue weighted by atomic mass is 16.5. The number of amides is 2. The van der Waals surface area contributed by atoms with Crippen LogP contribution in [0.4, 0.5) is 0 Å². The van der Waals surface area contributed by atoms with Crippen molar-refractivity contribution in [3.63, 3.8) is 0 Å². The molecule has 0 atom stereocenters. The smallest absolute Gasteiger partial charge is 0.251 e. The van der Waals surface area contributed by atoms with Crippen LogP contribution < -0.4 is 20.1 Å². The van der Waals surface area contributed by atoms with Crippen LogP contribution in [0.15, 0.2) is 78.9 Å². The maximum atomic E-state index is 12.4. The highest BCUT2D eigenvalue weighted by molar-refractivity contribution is 5.97. The van der Waals surface area contributed by atoms with Gasteiger partial charge in [0.05, 0.1) is 20.8 Å². The van der Waals surface area contributed by atoms with Gasteiger partial charge in [-0.3, -0.25) is 9.59 Å². The molecule has 6 heteroatoms. The average molecular weight is 418 g/mol. The van der Waals surface area contributed by atoms with Crippen LogP contribution in [0.25, 0.3) is 0 Å². The number of carbonyl (C=O) groups excluding carboxylic acids is 2. The van der Waals surface area contributed by atoms with Gasteiger partial charge in [0, 0.05) is 18.0 Å². The predicted octanol–water partition coefficient (Wildman–Crippen LogP) is 3.38. The van der Waals surface area contributed by atoms with Crippen LogP contribution in [-0.4, -0.2) is 39.1 Å². The summed E-state index contributed by atoms with van der Waals surface area (Å²) in [7, 11) is 3.03. The number of ether oxygens (including phenoxy) is 2. The third kappa shape index (κ3) is 5.85. The van der Waals surface area contributed by atoms with Gasteiger partial charge in [-0.05, 0) is 29.3 Å². The summed E-state index contributed by atoms with van der Waals surface area (Å²) in [4.78, 5) is 24.8. The first kappa shape index (κ1) is 21.9. The number of hydrogen-bond acceptors (Lipinski definition) is 4. The highest BCUT2D eigenvalue weighted by Crippen LogP contribution is 2.27. The summed E-state index contributed by atoms with van der Waals surface area (Å²) < 4.78 is 10.4. The van der Waals surface area contributed by atoms with Gasteiger partial charge in [0.1, 0.15) is 0 Å². The molecule has 0 spiro atoms. The van der Waals surface area contributed by atoms with E-state index < -0.39 is 0 Å². The summed E-state index contributed by atoms with van der Waals surface area (Å²) in [6.45, 7) is 0.308. The summed E-state index contributed by atoms with van der Waals surface area (Å²) in [6.07, 6.45) is 0. The minimum Gasteiger partial charge on any atom is -0.493 e. The van der Waals surface area contributed by atoms with Gasteiger partial charge < -0.3 is 20.1 Å². The average Bonchev–Trinajstić information content (AvgIpc) is 2.83. The van der Waals surface area contributed by atoms with E-state index in [1.54, 1.807) is 18.2 Å². The summed E-state index contributed by atoms with van der Waals surface area (Å²) >= 11 is 0. The summed E-state index contributed by atoms with van der Waals surface area (Å²) in [6, 6.07) is 24.9. The van der Waals surface area contributed by atoms with Crippen LogP contribution in [0.2, 0.25) is 0 Å². The molecule has 0 aromatic heterocycles. The molecule has 3 aromatic carbocycles. The molecule has 0 aliphatic carbocycles. The van der Waals surface area contributed by atoms with Crippen molar-refractivity contribution in [1.82, 2.24) is 10.6 Å². The van der Waals surface area contributed by atoms with Crippen LogP contribution in [-0.2, 0) is 4.79 Å². The quantitative estimate of drug-likeness (QED) is 0.559. The van der Waals surface area contributed by atoms with Crippen molar-refractivity contribution >= 4 is 11.8 Å². The van der Waals surface area contributed by atoms with E-state index in [4.69, 9.17) is 9.47 Å². The van der Waals surface area contributed by atoms with Crippen LogP contribution in [0.3, 0.4) is 0 Å². The second-order valence-corrected chi connectivity index (χ2v) is 6.93. The normalized spacial score (nSPS) is 10.4. The van der Waals surface area contributed by atoms with Crippen molar-refractivity contribution in [3.8, 4) is 11.5 Å². The van der Waals surface area contributed by atoms with Gasteiger partial charge in [-0.2, -0.15) is 0 Å². The monoisotopic (exact) mass is 418 g/mol. The molecular formula is C25H26N2O4. The van der Waals surface area contributed by atoms with Crippen molar-refractivity contribution in [2.45, 2.75) is 5.92 Å². The molecule has 0 saturated heterocycles. The molecule has 0 fully saturated rings. The Hall–Kier alpha value is -3.80. The molecule has 2 amide bonds. The van der Waals surface area contributed by atoms with E-state index in [1.165, 1.54) is 14.2 Å². The van der Waals surface area contributed by atoms with Crippen LogP contribution in [0, 0.1) is 0 Å². The fourth-order valence-electron chi connectivity index (χ4n) is 3.32. The molecular weight excluding hydrogens is 392 g/mol. The lowest BCUT2D eigenvalue weighted by molar-refractivity contribution is -0.120. The van der Waals surface area contributed by atoms with E-state index in [0.29, 0.717) is 23.6 Å². The molecule has 31 heavy (non-hydrogen) atoms. The highest BCUT2D eigenvalue weighted by Gasteiger charge is 2.16. The third-order valence-corrected chi connectivity index (χ3v) is 4.96. The molecule has 3 aromatic rings. The zero-order valence-corrected chi connectivity index (χ0v) is 17.6. The molecule has 0 heterocycles. The first-order valence-electron chi connectivity index (χ1n) is 9.99. The number of benzene rings is 3. The maximum Gasteiger partial charge on any atom is 0.251 e. The third-order valence-electron chi connectivity index (χ3n) is 4.96.